The van der Waals surface area contributed by atoms with Crippen LogP contribution in [0.2, 0.25) is 0 Å². The van der Waals surface area contributed by atoms with Gasteiger partial charge in [0.25, 0.3) is 0 Å². The van der Waals surface area contributed by atoms with Gasteiger partial charge in [-0.3, -0.25) is 4.99 Å². The average Bonchev–Trinajstić information content (AvgIpc) is 2.66. The Morgan fingerprint density at radius 1 is 0.885 bits per heavy atom. The number of aryl methyl sites for hydroxylation is 2. The molecular formula is C24H22N2. The first-order valence-electron chi connectivity index (χ1n) is 8.88. The van der Waals surface area contributed by atoms with Crippen molar-refractivity contribution in [1.82, 2.24) is 0 Å². The summed E-state index contributed by atoms with van der Waals surface area (Å²) in [4.78, 5) is 6.51. The quantitative estimate of drug-likeness (QED) is 0.536. The lowest BCUT2D eigenvalue weighted by Gasteiger charge is -2.35. The maximum atomic E-state index is 4.15. The Morgan fingerprint density at radius 2 is 1.54 bits per heavy atom. The summed E-state index contributed by atoms with van der Waals surface area (Å²) >= 11 is 0. The van der Waals surface area contributed by atoms with E-state index in [1.807, 2.05) is 6.20 Å². The number of aliphatic imine (C=N–C) groups is 1. The number of benzene rings is 3. The monoisotopic (exact) mass is 338 g/mol. The van der Waals surface area contributed by atoms with Crippen molar-refractivity contribution in [3.63, 3.8) is 0 Å². The van der Waals surface area contributed by atoms with E-state index in [9.17, 15) is 0 Å². The second kappa shape index (κ2) is 6.64. The summed E-state index contributed by atoms with van der Waals surface area (Å²) in [6.45, 7) is 8.86. The Morgan fingerprint density at radius 3 is 2.27 bits per heavy atom. The van der Waals surface area contributed by atoms with Gasteiger partial charge in [0, 0.05) is 23.4 Å². The van der Waals surface area contributed by atoms with Crippen molar-refractivity contribution in [2.75, 3.05) is 4.90 Å². The van der Waals surface area contributed by atoms with Crippen LogP contribution in [0.25, 0.3) is 16.8 Å². The minimum Gasteiger partial charge on any atom is -0.335 e. The fourth-order valence-electron chi connectivity index (χ4n) is 3.90. The maximum Gasteiger partial charge on any atom is 0.0678 e. The van der Waals surface area contributed by atoms with E-state index in [1.165, 1.54) is 39.1 Å². The van der Waals surface area contributed by atoms with Gasteiger partial charge in [-0.25, -0.2) is 0 Å². The molecule has 2 nitrogen and oxygen atoms in total. The molecular weight excluding hydrogens is 316 g/mol. The third kappa shape index (κ3) is 2.64. The molecule has 0 aromatic heterocycles. The second-order valence-electron chi connectivity index (χ2n) is 6.72. The zero-order chi connectivity index (χ0) is 18.1. The van der Waals surface area contributed by atoms with E-state index >= 15 is 0 Å². The zero-order valence-electron chi connectivity index (χ0n) is 15.2. The third-order valence-corrected chi connectivity index (χ3v) is 5.07. The van der Waals surface area contributed by atoms with Crippen LogP contribution in [0, 0.1) is 13.8 Å². The smallest absolute Gasteiger partial charge is 0.0678 e. The first-order chi connectivity index (χ1) is 12.7. The van der Waals surface area contributed by atoms with Crippen LogP contribution in [-0.2, 0) is 6.54 Å². The third-order valence-electron chi connectivity index (χ3n) is 5.07. The molecule has 0 bridgehead atoms. The van der Waals surface area contributed by atoms with Crippen molar-refractivity contribution in [1.29, 1.82) is 0 Å². The highest BCUT2D eigenvalue weighted by Crippen LogP contribution is 2.43. The molecule has 0 saturated heterocycles. The number of anilines is 1. The van der Waals surface area contributed by atoms with Gasteiger partial charge in [-0.05, 0) is 48.9 Å². The van der Waals surface area contributed by atoms with E-state index in [0.717, 1.165) is 12.2 Å². The molecule has 1 aliphatic heterocycles. The minimum absolute atomic E-state index is 0.822. The van der Waals surface area contributed by atoms with E-state index < -0.39 is 0 Å². The Bertz CT molecular complexity index is 994. The number of para-hydroxylation sites is 1. The average molecular weight is 338 g/mol. The summed E-state index contributed by atoms with van der Waals surface area (Å²) in [5, 5.41) is 0. The summed E-state index contributed by atoms with van der Waals surface area (Å²) in [6, 6.07) is 23.6. The molecule has 1 aliphatic rings. The van der Waals surface area contributed by atoms with Crippen LogP contribution < -0.4 is 4.90 Å². The molecule has 0 fully saturated rings. The summed E-state index contributed by atoms with van der Waals surface area (Å²) < 4.78 is 0. The van der Waals surface area contributed by atoms with Crippen LogP contribution in [0.3, 0.4) is 0 Å². The van der Waals surface area contributed by atoms with Gasteiger partial charge >= 0.3 is 0 Å². The van der Waals surface area contributed by atoms with Gasteiger partial charge in [-0.15, -0.1) is 0 Å². The maximum absolute atomic E-state index is 4.15. The van der Waals surface area contributed by atoms with Crippen molar-refractivity contribution in [2.24, 2.45) is 4.99 Å². The van der Waals surface area contributed by atoms with E-state index in [-0.39, 0.29) is 0 Å². The molecule has 0 atom stereocenters. The molecule has 128 valence electrons. The first-order valence-corrected chi connectivity index (χ1v) is 8.88. The standard InChI is InChI=1S/C24H22N2/c1-17-9-8-10-18(2)24(17)23(15-25-3)26-16-19-11-4-5-12-20(19)21-13-6-7-14-22(21)26/h4-15H,3,16H2,1-2H3/b23-15-. The topological polar surface area (TPSA) is 15.6 Å². The number of hydrogen-bond acceptors (Lipinski definition) is 2. The molecule has 0 aliphatic carbocycles. The predicted octanol–water partition coefficient (Wildman–Crippen LogP) is 5.99. The Kier molecular flexibility index (Phi) is 4.18. The second-order valence-corrected chi connectivity index (χ2v) is 6.72. The van der Waals surface area contributed by atoms with Crippen LogP contribution >= 0.6 is 0 Å². The zero-order valence-corrected chi connectivity index (χ0v) is 15.2. The largest absolute Gasteiger partial charge is 0.335 e. The molecule has 0 N–H and O–H groups in total. The molecule has 0 spiro atoms. The summed E-state index contributed by atoms with van der Waals surface area (Å²) in [5.41, 5.74) is 9.93. The molecule has 26 heavy (non-hydrogen) atoms. The van der Waals surface area contributed by atoms with E-state index in [4.69, 9.17) is 0 Å². The van der Waals surface area contributed by atoms with Crippen LogP contribution in [0.5, 0.6) is 0 Å². The number of rotatable bonds is 3. The minimum atomic E-state index is 0.822. The van der Waals surface area contributed by atoms with Gasteiger partial charge in [0.2, 0.25) is 0 Å². The number of hydrogen-bond donors (Lipinski definition) is 0. The lowest BCUT2D eigenvalue weighted by molar-refractivity contribution is 0.962. The Labute approximate surface area is 155 Å². The molecule has 3 aromatic carbocycles. The fourth-order valence-corrected chi connectivity index (χ4v) is 3.90. The number of nitrogens with zero attached hydrogens (tertiary/aromatic N) is 2. The van der Waals surface area contributed by atoms with Crippen molar-refractivity contribution >= 4 is 18.1 Å². The normalized spacial score (nSPS) is 13.2. The highest BCUT2D eigenvalue weighted by molar-refractivity contribution is 5.92. The van der Waals surface area contributed by atoms with Crippen molar-refractivity contribution in [3.05, 3.63) is 95.2 Å². The van der Waals surface area contributed by atoms with E-state index in [0.29, 0.717) is 0 Å². The van der Waals surface area contributed by atoms with Crippen molar-refractivity contribution < 1.29 is 0 Å². The fraction of sp³-hybridized carbons (Fsp3) is 0.125. The van der Waals surface area contributed by atoms with Gasteiger partial charge in [0.15, 0.2) is 0 Å². The highest BCUT2D eigenvalue weighted by Gasteiger charge is 2.25. The van der Waals surface area contributed by atoms with Gasteiger partial charge in [0.05, 0.1) is 11.9 Å². The van der Waals surface area contributed by atoms with Gasteiger partial charge in [-0.2, -0.15) is 0 Å². The molecule has 3 aromatic rings. The number of fused-ring (bicyclic) bond motifs is 3. The molecule has 2 heteroatoms. The lowest BCUT2D eigenvalue weighted by Crippen LogP contribution is -2.26. The molecule has 0 saturated carbocycles. The van der Waals surface area contributed by atoms with Gasteiger partial charge < -0.3 is 4.90 Å². The SMILES string of the molecule is C=N/C=C(/c1c(C)cccc1C)N1Cc2ccccc2-c2ccccc21. The van der Waals surface area contributed by atoms with Gasteiger partial charge in [-0.1, -0.05) is 60.7 Å². The summed E-state index contributed by atoms with van der Waals surface area (Å²) in [5.74, 6) is 0. The highest BCUT2D eigenvalue weighted by atomic mass is 15.2. The Balaban J connectivity index is 1.94. The molecule has 0 unspecified atom stereocenters. The Hall–Kier alpha value is -3.13. The molecule has 4 rings (SSSR count). The first kappa shape index (κ1) is 16.3. The molecule has 0 amide bonds. The van der Waals surface area contributed by atoms with Crippen molar-refractivity contribution in [3.8, 4) is 11.1 Å². The van der Waals surface area contributed by atoms with Crippen molar-refractivity contribution in [2.45, 2.75) is 20.4 Å². The molecule has 0 radical (unpaired) electrons. The van der Waals surface area contributed by atoms with Crippen LogP contribution in [0.4, 0.5) is 5.69 Å². The summed E-state index contributed by atoms with van der Waals surface area (Å²) in [6.07, 6.45) is 1.89. The van der Waals surface area contributed by atoms with Gasteiger partial charge in [0.1, 0.15) is 0 Å². The van der Waals surface area contributed by atoms with E-state index in [2.05, 4.69) is 97.2 Å². The van der Waals surface area contributed by atoms with E-state index in [1.54, 1.807) is 0 Å². The van der Waals surface area contributed by atoms with Crippen LogP contribution in [0.15, 0.2) is 77.9 Å². The van der Waals surface area contributed by atoms with Crippen LogP contribution in [0.1, 0.15) is 22.3 Å². The summed E-state index contributed by atoms with van der Waals surface area (Å²) in [7, 11) is 0. The lowest BCUT2D eigenvalue weighted by atomic mass is 9.91. The predicted molar refractivity (Wildman–Crippen MR) is 112 cm³/mol. The molecule has 1 heterocycles. The van der Waals surface area contributed by atoms with Crippen LogP contribution in [-0.4, -0.2) is 6.72 Å².